The molecule has 4 nitrogen and oxygen atoms in total. The van der Waals surface area contributed by atoms with Crippen molar-refractivity contribution in [2.75, 3.05) is 6.54 Å². The van der Waals surface area contributed by atoms with Crippen molar-refractivity contribution >= 4 is 5.91 Å². The van der Waals surface area contributed by atoms with Gasteiger partial charge in [-0.15, -0.1) is 6.58 Å². The Labute approximate surface area is 89.2 Å². The van der Waals surface area contributed by atoms with Crippen molar-refractivity contribution in [3.05, 3.63) is 36.7 Å². The second kappa shape index (κ2) is 5.36. The maximum absolute atomic E-state index is 11.4. The lowest BCUT2D eigenvalue weighted by molar-refractivity contribution is -0.121. The first-order valence-electron chi connectivity index (χ1n) is 4.86. The number of aliphatic hydroxyl groups excluding tert-OH is 1. The molecule has 0 aliphatic heterocycles. The lowest BCUT2D eigenvalue weighted by atomic mass is 10.3. The molecule has 0 aromatic carbocycles. The van der Waals surface area contributed by atoms with Crippen LogP contribution in [0.1, 0.15) is 18.7 Å². The largest absolute Gasteiger partial charge is 0.387 e. The summed E-state index contributed by atoms with van der Waals surface area (Å²) >= 11 is 0. The summed E-state index contributed by atoms with van der Waals surface area (Å²) in [5.74, 6) is -0.0898. The predicted octanol–water partition coefficient (Wildman–Crippen LogP) is 0.844. The van der Waals surface area contributed by atoms with Crippen molar-refractivity contribution in [1.29, 1.82) is 0 Å². The molecule has 0 bridgehead atoms. The fourth-order valence-corrected chi connectivity index (χ4v) is 1.35. The summed E-state index contributed by atoms with van der Waals surface area (Å²) in [5, 5.41) is 12.1. The molecule has 2 N–H and O–H groups in total. The number of nitrogens with zero attached hydrogens (tertiary/aromatic N) is 1. The molecule has 1 atom stereocenters. The Morgan fingerprint density at radius 3 is 3.13 bits per heavy atom. The van der Waals surface area contributed by atoms with E-state index >= 15 is 0 Å². The Morgan fingerprint density at radius 1 is 1.80 bits per heavy atom. The number of amides is 1. The molecule has 1 aromatic heterocycles. The molecule has 0 saturated heterocycles. The highest BCUT2D eigenvalue weighted by Gasteiger charge is 2.08. The molecule has 0 aliphatic rings. The minimum Gasteiger partial charge on any atom is -0.387 e. The van der Waals surface area contributed by atoms with Gasteiger partial charge in [-0.3, -0.25) is 4.79 Å². The third-order valence-electron chi connectivity index (χ3n) is 2.05. The van der Waals surface area contributed by atoms with Crippen molar-refractivity contribution in [2.24, 2.45) is 0 Å². The number of hydrogen-bond donors (Lipinski definition) is 2. The summed E-state index contributed by atoms with van der Waals surface area (Å²) in [4.78, 5) is 11.4. The van der Waals surface area contributed by atoms with Gasteiger partial charge in [0.25, 0.3) is 0 Å². The second-order valence-corrected chi connectivity index (χ2v) is 3.33. The molecule has 0 radical (unpaired) electrons. The van der Waals surface area contributed by atoms with Crippen LogP contribution in [-0.4, -0.2) is 22.1 Å². The SMILES string of the molecule is C=CCNC(=O)Cn1cccc1C(C)O. The number of carbonyl (C=O) groups is 1. The summed E-state index contributed by atoms with van der Waals surface area (Å²) in [5.41, 5.74) is 0.740. The van der Waals surface area contributed by atoms with Crippen LogP contribution in [0.15, 0.2) is 31.0 Å². The third kappa shape index (κ3) is 3.25. The molecular weight excluding hydrogens is 192 g/mol. The van der Waals surface area contributed by atoms with Gasteiger partial charge in [0.05, 0.1) is 6.10 Å². The number of aromatic nitrogens is 1. The Bertz CT molecular complexity index is 342. The molecule has 0 aliphatic carbocycles. The van der Waals surface area contributed by atoms with Gasteiger partial charge in [0.2, 0.25) is 5.91 Å². The molecular formula is C11H16N2O2. The van der Waals surface area contributed by atoms with Crippen LogP contribution in [0.4, 0.5) is 0 Å². The minimum atomic E-state index is -0.563. The Hall–Kier alpha value is -1.55. The molecule has 1 amide bonds. The topological polar surface area (TPSA) is 54.3 Å². The van der Waals surface area contributed by atoms with Gasteiger partial charge in [-0.1, -0.05) is 6.08 Å². The molecule has 1 rings (SSSR count). The van der Waals surface area contributed by atoms with Crippen molar-refractivity contribution in [3.8, 4) is 0 Å². The molecule has 1 unspecified atom stereocenters. The van der Waals surface area contributed by atoms with E-state index in [4.69, 9.17) is 0 Å². The lowest BCUT2D eigenvalue weighted by Gasteiger charge is -2.10. The van der Waals surface area contributed by atoms with Gasteiger partial charge in [-0.25, -0.2) is 0 Å². The van der Waals surface area contributed by atoms with Gasteiger partial charge < -0.3 is 15.0 Å². The van der Waals surface area contributed by atoms with E-state index in [0.29, 0.717) is 6.54 Å². The van der Waals surface area contributed by atoms with E-state index in [0.717, 1.165) is 5.69 Å². The molecule has 15 heavy (non-hydrogen) atoms. The van der Waals surface area contributed by atoms with E-state index in [1.54, 1.807) is 29.8 Å². The number of rotatable bonds is 5. The third-order valence-corrected chi connectivity index (χ3v) is 2.05. The van der Waals surface area contributed by atoms with E-state index in [-0.39, 0.29) is 12.5 Å². The Kier molecular flexibility index (Phi) is 4.12. The molecule has 1 aromatic rings. The van der Waals surface area contributed by atoms with E-state index < -0.39 is 6.10 Å². The second-order valence-electron chi connectivity index (χ2n) is 3.33. The molecule has 0 fully saturated rings. The highest BCUT2D eigenvalue weighted by atomic mass is 16.3. The van der Waals surface area contributed by atoms with Crippen LogP contribution in [0.25, 0.3) is 0 Å². The minimum absolute atomic E-state index is 0.0898. The van der Waals surface area contributed by atoms with Crippen LogP contribution in [-0.2, 0) is 11.3 Å². The van der Waals surface area contributed by atoms with Crippen LogP contribution in [0.3, 0.4) is 0 Å². The molecule has 1 heterocycles. The predicted molar refractivity (Wildman–Crippen MR) is 58.3 cm³/mol. The quantitative estimate of drug-likeness (QED) is 0.705. The van der Waals surface area contributed by atoms with E-state index in [2.05, 4.69) is 11.9 Å². The fraction of sp³-hybridized carbons (Fsp3) is 0.364. The monoisotopic (exact) mass is 208 g/mol. The lowest BCUT2D eigenvalue weighted by Crippen LogP contribution is -2.28. The van der Waals surface area contributed by atoms with Gasteiger partial charge in [0.15, 0.2) is 0 Å². The number of carbonyl (C=O) groups excluding carboxylic acids is 1. The first-order chi connectivity index (χ1) is 7.15. The average molecular weight is 208 g/mol. The standard InChI is InChI=1S/C11H16N2O2/c1-3-6-12-11(15)8-13-7-4-5-10(13)9(2)14/h3-5,7,9,14H,1,6,8H2,2H3,(H,12,15). The van der Waals surface area contributed by atoms with Gasteiger partial charge in [0, 0.05) is 18.4 Å². The first-order valence-corrected chi connectivity index (χ1v) is 4.86. The summed E-state index contributed by atoms with van der Waals surface area (Å²) in [6, 6.07) is 3.61. The number of aliphatic hydroxyl groups is 1. The van der Waals surface area contributed by atoms with Gasteiger partial charge in [-0.2, -0.15) is 0 Å². The van der Waals surface area contributed by atoms with Gasteiger partial charge in [-0.05, 0) is 19.1 Å². The normalized spacial score (nSPS) is 12.1. The first kappa shape index (κ1) is 11.5. The van der Waals surface area contributed by atoms with Crippen LogP contribution < -0.4 is 5.32 Å². The van der Waals surface area contributed by atoms with Gasteiger partial charge in [0.1, 0.15) is 6.54 Å². The number of hydrogen-bond acceptors (Lipinski definition) is 2. The maximum Gasteiger partial charge on any atom is 0.240 e. The van der Waals surface area contributed by atoms with E-state index in [1.807, 2.05) is 6.07 Å². The summed E-state index contributed by atoms with van der Waals surface area (Å²) in [6.07, 6.45) is 2.84. The Balaban J connectivity index is 2.59. The number of nitrogens with one attached hydrogen (secondary N) is 1. The van der Waals surface area contributed by atoms with E-state index in [9.17, 15) is 9.90 Å². The van der Waals surface area contributed by atoms with Gasteiger partial charge >= 0.3 is 0 Å². The zero-order chi connectivity index (χ0) is 11.3. The zero-order valence-electron chi connectivity index (χ0n) is 8.81. The highest BCUT2D eigenvalue weighted by Crippen LogP contribution is 2.12. The smallest absolute Gasteiger partial charge is 0.240 e. The van der Waals surface area contributed by atoms with Crippen LogP contribution >= 0.6 is 0 Å². The summed E-state index contributed by atoms with van der Waals surface area (Å²) < 4.78 is 1.73. The van der Waals surface area contributed by atoms with E-state index in [1.165, 1.54) is 0 Å². The summed E-state index contributed by atoms with van der Waals surface area (Å²) in [6.45, 7) is 5.87. The molecule has 82 valence electrons. The molecule has 0 spiro atoms. The van der Waals surface area contributed by atoms with Crippen molar-refractivity contribution in [2.45, 2.75) is 19.6 Å². The van der Waals surface area contributed by atoms with Crippen molar-refractivity contribution < 1.29 is 9.90 Å². The average Bonchev–Trinajstić information content (AvgIpc) is 2.62. The highest BCUT2D eigenvalue weighted by molar-refractivity contribution is 5.75. The Morgan fingerprint density at radius 2 is 2.53 bits per heavy atom. The van der Waals surface area contributed by atoms with Crippen LogP contribution in [0, 0.1) is 0 Å². The van der Waals surface area contributed by atoms with Crippen molar-refractivity contribution in [1.82, 2.24) is 9.88 Å². The van der Waals surface area contributed by atoms with Crippen LogP contribution in [0.2, 0.25) is 0 Å². The molecule has 0 saturated carbocycles. The maximum atomic E-state index is 11.4. The zero-order valence-corrected chi connectivity index (χ0v) is 8.81. The van der Waals surface area contributed by atoms with Crippen molar-refractivity contribution in [3.63, 3.8) is 0 Å². The molecule has 4 heteroatoms. The fourth-order valence-electron chi connectivity index (χ4n) is 1.35. The van der Waals surface area contributed by atoms with Crippen LogP contribution in [0.5, 0.6) is 0 Å². The summed E-state index contributed by atoms with van der Waals surface area (Å²) in [7, 11) is 0.